The lowest BCUT2D eigenvalue weighted by Gasteiger charge is -1.93. The van der Waals surface area contributed by atoms with Crippen LogP contribution in [0.4, 0.5) is 5.95 Å². The SMILES string of the molecule is NC(=O)c1c[nH]c2nc(N)[nH]c(=O)c12. The number of nitrogen functional groups attached to an aromatic ring is 1. The van der Waals surface area contributed by atoms with Crippen LogP contribution in [-0.4, -0.2) is 20.9 Å². The predicted molar refractivity (Wildman–Crippen MR) is 49.6 cm³/mol. The summed E-state index contributed by atoms with van der Waals surface area (Å²) in [5.74, 6) is -0.700. The van der Waals surface area contributed by atoms with Crippen molar-refractivity contribution in [3.05, 3.63) is 22.1 Å². The molecule has 0 aliphatic heterocycles. The van der Waals surface area contributed by atoms with E-state index in [1.165, 1.54) is 6.20 Å². The molecule has 0 saturated carbocycles. The molecule has 0 spiro atoms. The molecule has 72 valence electrons. The molecule has 0 unspecified atom stereocenters. The number of nitrogens with zero attached hydrogens (tertiary/aromatic N) is 1. The molecule has 0 saturated heterocycles. The Morgan fingerprint density at radius 2 is 2.21 bits per heavy atom. The summed E-state index contributed by atoms with van der Waals surface area (Å²) in [5.41, 5.74) is 10.2. The van der Waals surface area contributed by atoms with Crippen LogP contribution in [0.15, 0.2) is 11.0 Å². The van der Waals surface area contributed by atoms with E-state index in [-0.39, 0.29) is 22.5 Å². The van der Waals surface area contributed by atoms with Crippen molar-refractivity contribution in [1.82, 2.24) is 15.0 Å². The lowest BCUT2D eigenvalue weighted by molar-refractivity contribution is 0.100. The fourth-order valence-corrected chi connectivity index (χ4v) is 1.25. The first-order valence-electron chi connectivity index (χ1n) is 3.76. The Balaban J connectivity index is 2.93. The van der Waals surface area contributed by atoms with Crippen LogP contribution in [-0.2, 0) is 0 Å². The Hall–Kier alpha value is -2.31. The first kappa shape index (κ1) is 8.30. The molecule has 0 aliphatic rings. The van der Waals surface area contributed by atoms with Crippen LogP contribution >= 0.6 is 0 Å². The number of H-pyrrole nitrogens is 2. The zero-order valence-corrected chi connectivity index (χ0v) is 7.00. The second-order valence-corrected chi connectivity index (χ2v) is 2.74. The third-order valence-corrected chi connectivity index (χ3v) is 1.83. The fraction of sp³-hybridized carbons (Fsp3) is 0. The number of aromatic nitrogens is 3. The Morgan fingerprint density at radius 1 is 1.50 bits per heavy atom. The van der Waals surface area contributed by atoms with Gasteiger partial charge in [-0.15, -0.1) is 0 Å². The largest absolute Gasteiger partial charge is 0.369 e. The van der Waals surface area contributed by atoms with Crippen LogP contribution in [0.2, 0.25) is 0 Å². The van der Waals surface area contributed by atoms with Gasteiger partial charge in [-0.2, -0.15) is 4.98 Å². The summed E-state index contributed by atoms with van der Waals surface area (Å²) in [6.07, 6.45) is 1.33. The van der Waals surface area contributed by atoms with Gasteiger partial charge in [-0.25, -0.2) is 0 Å². The molecule has 0 radical (unpaired) electrons. The Morgan fingerprint density at radius 3 is 2.86 bits per heavy atom. The van der Waals surface area contributed by atoms with Gasteiger partial charge < -0.3 is 16.5 Å². The van der Waals surface area contributed by atoms with Gasteiger partial charge in [-0.05, 0) is 0 Å². The van der Waals surface area contributed by atoms with Crippen molar-refractivity contribution in [1.29, 1.82) is 0 Å². The summed E-state index contributed by atoms with van der Waals surface area (Å²) in [6, 6.07) is 0. The molecule has 2 heterocycles. The van der Waals surface area contributed by atoms with Gasteiger partial charge in [-0.1, -0.05) is 0 Å². The van der Waals surface area contributed by atoms with Crippen LogP contribution < -0.4 is 17.0 Å². The second-order valence-electron chi connectivity index (χ2n) is 2.74. The summed E-state index contributed by atoms with van der Waals surface area (Å²) in [7, 11) is 0. The highest BCUT2D eigenvalue weighted by Gasteiger charge is 2.13. The molecule has 0 atom stereocenters. The summed E-state index contributed by atoms with van der Waals surface area (Å²) in [5, 5.41) is 0.131. The summed E-state index contributed by atoms with van der Waals surface area (Å²) < 4.78 is 0. The van der Waals surface area contributed by atoms with Gasteiger partial charge in [0.25, 0.3) is 11.5 Å². The third kappa shape index (κ3) is 1.03. The molecule has 0 fully saturated rings. The highest BCUT2D eigenvalue weighted by Crippen LogP contribution is 2.11. The van der Waals surface area contributed by atoms with E-state index in [2.05, 4.69) is 15.0 Å². The van der Waals surface area contributed by atoms with E-state index in [1.807, 2.05) is 0 Å². The minimum atomic E-state index is -0.687. The van der Waals surface area contributed by atoms with Gasteiger partial charge in [0.2, 0.25) is 5.95 Å². The van der Waals surface area contributed by atoms with E-state index < -0.39 is 11.5 Å². The molecule has 0 aliphatic carbocycles. The maximum atomic E-state index is 11.4. The smallest absolute Gasteiger partial charge is 0.262 e. The van der Waals surface area contributed by atoms with E-state index in [4.69, 9.17) is 11.5 Å². The van der Waals surface area contributed by atoms with Gasteiger partial charge in [0.15, 0.2) is 0 Å². The van der Waals surface area contributed by atoms with Gasteiger partial charge in [0, 0.05) is 6.20 Å². The normalized spacial score (nSPS) is 10.6. The highest BCUT2D eigenvalue weighted by atomic mass is 16.1. The zero-order chi connectivity index (χ0) is 10.3. The van der Waals surface area contributed by atoms with Gasteiger partial charge in [0.05, 0.1) is 10.9 Å². The number of primary amides is 1. The molecule has 2 aromatic rings. The van der Waals surface area contributed by atoms with Crippen LogP contribution in [0.25, 0.3) is 11.0 Å². The number of nitrogens with two attached hydrogens (primary N) is 2. The number of rotatable bonds is 1. The van der Waals surface area contributed by atoms with Crippen molar-refractivity contribution < 1.29 is 4.79 Å². The number of carbonyl (C=O) groups excluding carboxylic acids is 1. The average molecular weight is 193 g/mol. The first-order valence-corrected chi connectivity index (χ1v) is 3.76. The van der Waals surface area contributed by atoms with Crippen LogP contribution in [0.1, 0.15) is 10.4 Å². The van der Waals surface area contributed by atoms with Crippen molar-refractivity contribution in [2.24, 2.45) is 5.73 Å². The molecule has 2 aromatic heterocycles. The number of hydrogen-bond donors (Lipinski definition) is 4. The van der Waals surface area contributed by atoms with E-state index in [9.17, 15) is 9.59 Å². The number of fused-ring (bicyclic) bond motifs is 1. The Labute approximate surface area is 77.1 Å². The molecule has 0 bridgehead atoms. The molecule has 0 aromatic carbocycles. The molecule has 7 nitrogen and oxygen atoms in total. The van der Waals surface area contributed by atoms with E-state index in [0.29, 0.717) is 0 Å². The molecule has 7 heteroatoms. The maximum Gasteiger partial charge on any atom is 0.262 e. The summed E-state index contributed by atoms with van der Waals surface area (Å²) in [6.45, 7) is 0. The molecule has 2 rings (SSSR count). The van der Waals surface area contributed by atoms with Crippen molar-refractivity contribution in [2.75, 3.05) is 5.73 Å². The van der Waals surface area contributed by atoms with E-state index >= 15 is 0 Å². The van der Waals surface area contributed by atoms with Crippen LogP contribution in [0, 0.1) is 0 Å². The summed E-state index contributed by atoms with van der Waals surface area (Å²) >= 11 is 0. The molecule has 6 N–H and O–H groups in total. The first-order chi connectivity index (χ1) is 6.59. The van der Waals surface area contributed by atoms with Crippen LogP contribution in [0.5, 0.6) is 0 Å². The zero-order valence-electron chi connectivity index (χ0n) is 7.00. The van der Waals surface area contributed by atoms with Crippen molar-refractivity contribution >= 4 is 22.9 Å². The molecule has 14 heavy (non-hydrogen) atoms. The lowest BCUT2D eigenvalue weighted by Crippen LogP contribution is -2.16. The third-order valence-electron chi connectivity index (χ3n) is 1.83. The molecular formula is C7H7N5O2. The van der Waals surface area contributed by atoms with Gasteiger partial charge >= 0.3 is 0 Å². The van der Waals surface area contributed by atoms with E-state index in [1.54, 1.807) is 0 Å². The van der Waals surface area contributed by atoms with Crippen molar-refractivity contribution in [3.8, 4) is 0 Å². The van der Waals surface area contributed by atoms with Crippen molar-refractivity contribution in [2.45, 2.75) is 0 Å². The number of amides is 1. The Kier molecular flexibility index (Phi) is 1.53. The minimum Gasteiger partial charge on any atom is -0.369 e. The average Bonchev–Trinajstić information content (AvgIpc) is 2.47. The Bertz CT molecular complexity index is 567. The number of anilines is 1. The topological polar surface area (TPSA) is 131 Å². The predicted octanol–water partition coefficient (Wildman–Crippen LogP) is -1.07. The fourth-order valence-electron chi connectivity index (χ4n) is 1.25. The number of aromatic amines is 2. The lowest BCUT2D eigenvalue weighted by atomic mass is 10.2. The summed E-state index contributed by atoms with van der Waals surface area (Å²) in [4.78, 5) is 31.0. The van der Waals surface area contributed by atoms with Gasteiger partial charge in [-0.3, -0.25) is 14.6 Å². The van der Waals surface area contributed by atoms with Crippen LogP contribution in [0.3, 0.4) is 0 Å². The second kappa shape index (κ2) is 2.59. The standard InChI is InChI=1S/C7H7N5O2/c8-4(13)2-1-10-5-3(2)6(14)12-7(9)11-5/h1H,(H2,8,13)(H4,9,10,11,12,14). The quantitative estimate of drug-likeness (QED) is 0.459. The molecule has 1 amide bonds. The number of carbonyl (C=O) groups is 1. The number of nitrogens with one attached hydrogen (secondary N) is 2. The van der Waals surface area contributed by atoms with Gasteiger partial charge in [0.1, 0.15) is 5.65 Å². The monoisotopic (exact) mass is 193 g/mol. The van der Waals surface area contributed by atoms with Crippen molar-refractivity contribution in [3.63, 3.8) is 0 Å². The van der Waals surface area contributed by atoms with E-state index in [0.717, 1.165) is 0 Å². The number of hydrogen-bond acceptors (Lipinski definition) is 4. The maximum absolute atomic E-state index is 11.4. The highest BCUT2D eigenvalue weighted by molar-refractivity contribution is 6.04. The minimum absolute atomic E-state index is 0.0135. The molecular weight excluding hydrogens is 186 g/mol.